The van der Waals surface area contributed by atoms with Crippen LogP contribution in [0.15, 0.2) is 24.3 Å². The largest absolute Gasteiger partial charge is 0.358 e. The topological polar surface area (TPSA) is 20.3 Å². The van der Waals surface area contributed by atoms with Crippen LogP contribution in [-0.4, -0.2) is 17.9 Å². The average Bonchev–Trinajstić information content (AvgIpc) is 2.76. The highest BCUT2D eigenvalue weighted by Gasteiger charge is 2.36. The van der Waals surface area contributed by atoms with E-state index in [1.165, 1.54) is 11.3 Å². The number of benzene rings is 1. The fraction of sp³-hybridized carbons (Fsp3) is 0.562. The van der Waals surface area contributed by atoms with Crippen LogP contribution in [0.25, 0.3) is 0 Å². The van der Waals surface area contributed by atoms with Gasteiger partial charge in [-0.2, -0.15) is 0 Å². The molecular formula is C16H23NO. The van der Waals surface area contributed by atoms with Crippen molar-refractivity contribution in [3.63, 3.8) is 0 Å². The SMILES string of the molecule is CCC(C)C(=O)C1Cc2ccccc2N1C(C)C. The third kappa shape index (κ3) is 2.16. The van der Waals surface area contributed by atoms with E-state index in [0.717, 1.165) is 12.8 Å². The Kier molecular flexibility index (Phi) is 3.74. The number of Topliss-reactive ketones (excluding diaryl/α,β-unsaturated/α-hetero) is 1. The van der Waals surface area contributed by atoms with Gasteiger partial charge in [-0.15, -0.1) is 0 Å². The Balaban J connectivity index is 2.32. The van der Waals surface area contributed by atoms with Gasteiger partial charge in [0.05, 0.1) is 6.04 Å². The summed E-state index contributed by atoms with van der Waals surface area (Å²) >= 11 is 0. The van der Waals surface area contributed by atoms with Gasteiger partial charge in [-0.25, -0.2) is 0 Å². The van der Waals surface area contributed by atoms with Gasteiger partial charge in [0.25, 0.3) is 0 Å². The molecule has 2 heteroatoms. The zero-order chi connectivity index (χ0) is 13.3. The van der Waals surface area contributed by atoms with E-state index in [0.29, 0.717) is 11.8 Å². The third-order valence-corrected chi connectivity index (χ3v) is 4.00. The number of fused-ring (bicyclic) bond motifs is 1. The molecule has 0 amide bonds. The van der Waals surface area contributed by atoms with Crippen LogP contribution in [0.5, 0.6) is 0 Å². The molecule has 0 saturated carbocycles. The van der Waals surface area contributed by atoms with Gasteiger partial charge in [0.1, 0.15) is 0 Å². The minimum absolute atomic E-state index is 0.0392. The molecule has 0 fully saturated rings. The summed E-state index contributed by atoms with van der Waals surface area (Å²) in [5, 5.41) is 0. The summed E-state index contributed by atoms with van der Waals surface area (Å²) in [5.41, 5.74) is 2.56. The first-order valence-electron chi connectivity index (χ1n) is 6.96. The molecule has 1 aliphatic rings. The lowest BCUT2D eigenvalue weighted by atomic mass is 9.94. The third-order valence-electron chi connectivity index (χ3n) is 4.00. The second-order valence-electron chi connectivity index (χ2n) is 5.56. The first-order valence-corrected chi connectivity index (χ1v) is 6.96. The zero-order valence-corrected chi connectivity index (χ0v) is 11.8. The summed E-state index contributed by atoms with van der Waals surface area (Å²) in [4.78, 5) is 14.8. The van der Waals surface area contributed by atoms with E-state index in [4.69, 9.17) is 0 Å². The summed E-state index contributed by atoms with van der Waals surface area (Å²) in [7, 11) is 0. The standard InChI is InChI=1S/C16H23NO/c1-5-12(4)16(18)15-10-13-8-6-7-9-14(13)17(15)11(2)3/h6-9,11-12,15H,5,10H2,1-4H3. The van der Waals surface area contributed by atoms with Crippen molar-refractivity contribution in [3.8, 4) is 0 Å². The van der Waals surface area contributed by atoms with Crippen LogP contribution < -0.4 is 4.90 Å². The molecule has 0 aromatic heterocycles. The Morgan fingerprint density at radius 2 is 2.00 bits per heavy atom. The van der Waals surface area contributed by atoms with Crippen LogP contribution in [0.4, 0.5) is 5.69 Å². The highest BCUT2D eigenvalue weighted by atomic mass is 16.1. The second-order valence-corrected chi connectivity index (χ2v) is 5.56. The van der Waals surface area contributed by atoms with Crippen molar-refractivity contribution in [1.82, 2.24) is 0 Å². The van der Waals surface area contributed by atoms with Crippen molar-refractivity contribution in [2.75, 3.05) is 4.90 Å². The number of ketones is 1. The molecular weight excluding hydrogens is 222 g/mol. The molecule has 18 heavy (non-hydrogen) atoms. The van der Waals surface area contributed by atoms with Gasteiger partial charge in [0.15, 0.2) is 5.78 Å². The first kappa shape index (κ1) is 13.1. The molecule has 0 radical (unpaired) electrons. The highest BCUT2D eigenvalue weighted by Crippen LogP contribution is 2.35. The predicted octanol–water partition coefficient (Wildman–Crippen LogP) is 3.44. The summed E-state index contributed by atoms with van der Waals surface area (Å²) in [6.45, 7) is 8.46. The lowest BCUT2D eigenvalue weighted by Crippen LogP contribution is -2.44. The molecule has 1 aromatic carbocycles. The lowest BCUT2D eigenvalue weighted by molar-refractivity contribution is -0.123. The summed E-state index contributed by atoms with van der Waals surface area (Å²) in [6, 6.07) is 8.81. The molecule has 0 aliphatic carbocycles. The van der Waals surface area contributed by atoms with Crippen LogP contribution in [0.1, 0.15) is 39.7 Å². The van der Waals surface area contributed by atoms with Crippen molar-refractivity contribution in [2.45, 2.75) is 52.6 Å². The number of nitrogens with zero attached hydrogens (tertiary/aromatic N) is 1. The second kappa shape index (κ2) is 5.13. The van der Waals surface area contributed by atoms with Crippen molar-refractivity contribution < 1.29 is 4.79 Å². The molecule has 0 saturated heterocycles. The fourth-order valence-electron chi connectivity index (χ4n) is 2.82. The zero-order valence-electron chi connectivity index (χ0n) is 11.8. The maximum atomic E-state index is 12.5. The van der Waals surface area contributed by atoms with Crippen molar-refractivity contribution in [3.05, 3.63) is 29.8 Å². The molecule has 1 aliphatic heterocycles. The molecule has 2 unspecified atom stereocenters. The number of para-hydroxylation sites is 1. The minimum Gasteiger partial charge on any atom is -0.358 e. The van der Waals surface area contributed by atoms with Gasteiger partial charge < -0.3 is 4.90 Å². The average molecular weight is 245 g/mol. The Hall–Kier alpha value is -1.31. The van der Waals surface area contributed by atoms with Gasteiger partial charge in [-0.1, -0.05) is 32.0 Å². The maximum Gasteiger partial charge on any atom is 0.158 e. The first-order chi connectivity index (χ1) is 8.56. The quantitative estimate of drug-likeness (QED) is 0.810. The Morgan fingerprint density at radius 3 is 2.61 bits per heavy atom. The van der Waals surface area contributed by atoms with Crippen molar-refractivity contribution >= 4 is 11.5 Å². The van der Waals surface area contributed by atoms with Crippen LogP contribution in [0.2, 0.25) is 0 Å². The van der Waals surface area contributed by atoms with E-state index >= 15 is 0 Å². The number of hydrogen-bond donors (Lipinski definition) is 0. The molecule has 2 nitrogen and oxygen atoms in total. The summed E-state index contributed by atoms with van der Waals surface area (Å²) < 4.78 is 0. The lowest BCUT2D eigenvalue weighted by Gasteiger charge is -2.31. The fourth-order valence-corrected chi connectivity index (χ4v) is 2.82. The van der Waals surface area contributed by atoms with Gasteiger partial charge >= 0.3 is 0 Å². The summed E-state index contributed by atoms with van der Waals surface area (Å²) in [6.07, 6.45) is 1.80. The number of rotatable bonds is 4. The number of hydrogen-bond acceptors (Lipinski definition) is 2. The number of carbonyl (C=O) groups excluding carboxylic acids is 1. The van der Waals surface area contributed by atoms with Gasteiger partial charge in [-0.05, 0) is 31.9 Å². The Morgan fingerprint density at radius 1 is 1.33 bits per heavy atom. The minimum atomic E-state index is 0.0392. The van der Waals surface area contributed by atoms with Gasteiger partial charge in [0.2, 0.25) is 0 Å². The van der Waals surface area contributed by atoms with Crippen molar-refractivity contribution in [1.29, 1.82) is 0 Å². The molecule has 1 heterocycles. The number of anilines is 1. The van der Waals surface area contributed by atoms with E-state index in [9.17, 15) is 4.79 Å². The van der Waals surface area contributed by atoms with E-state index in [1.54, 1.807) is 0 Å². The van der Waals surface area contributed by atoms with E-state index in [1.807, 2.05) is 6.92 Å². The molecule has 0 N–H and O–H groups in total. The van der Waals surface area contributed by atoms with E-state index in [2.05, 4.69) is 49.9 Å². The van der Waals surface area contributed by atoms with Crippen LogP contribution in [0, 0.1) is 5.92 Å². The maximum absolute atomic E-state index is 12.5. The predicted molar refractivity (Wildman–Crippen MR) is 76.0 cm³/mol. The highest BCUT2D eigenvalue weighted by molar-refractivity contribution is 5.91. The molecule has 2 rings (SSSR count). The van der Waals surface area contributed by atoms with Crippen LogP contribution >= 0.6 is 0 Å². The Labute approximate surface area is 110 Å². The van der Waals surface area contributed by atoms with Crippen LogP contribution in [-0.2, 0) is 11.2 Å². The number of carbonyl (C=O) groups is 1. The van der Waals surface area contributed by atoms with Gasteiger partial charge in [-0.3, -0.25) is 4.79 Å². The van der Waals surface area contributed by atoms with Crippen LogP contribution in [0.3, 0.4) is 0 Å². The van der Waals surface area contributed by atoms with Crippen molar-refractivity contribution in [2.24, 2.45) is 5.92 Å². The molecule has 0 bridgehead atoms. The summed E-state index contributed by atoms with van der Waals surface area (Å²) in [5.74, 6) is 0.549. The molecule has 1 aromatic rings. The molecule has 98 valence electrons. The van der Waals surface area contributed by atoms with E-state index in [-0.39, 0.29) is 12.0 Å². The smallest absolute Gasteiger partial charge is 0.158 e. The normalized spacial score (nSPS) is 20.1. The monoisotopic (exact) mass is 245 g/mol. The van der Waals surface area contributed by atoms with E-state index < -0.39 is 0 Å². The Bertz CT molecular complexity index is 438. The molecule has 0 spiro atoms. The van der Waals surface area contributed by atoms with Gasteiger partial charge in [0, 0.05) is 24.1 Å². The molecule has 2 atom stereocenters.